The van der Waals surface area contributed by atoms with E-state index in [2.05, 4.69) is 51.7 Å². The maximum Gasteiger partial charge on any atom is 0.245 e. The van der Waals surface area contributed by atoms with Crippen LogP contribution in [-0.2, 0) is 27.3 Å². The van der Waals surface area contributed by atoms with E-state index in [9.17, 15) is 14.0 Å². The molecule has 0 spiro atoms. The van der Waals surface area contributed by atoms with E-state index in [4.69, 9.17) is 9.47 Å². The lowest BCUT2D eigenvalue weighted by atomic mass is 9.96. The molecule has 0 radical (unpaired) electrons. The van der Waals surface area contributed by atoms with Crippen molar-refractivity contribution in [1.82, 2.24) is 25.7 Å². The van der Waals surface area contributed by atoms with Crippen LogP contribution in [0, 0.1) is 11.7 Å². The molecule has 2 aliphatic heterocycles. The lowest BCUT2D eigenvalue weighted by molar-refractivity contribution is -0.132. The Morgan fingerprint density at radius 2 is 1.91 bits per heavy atom. The smallest absolute Gasteiger partial charge is 0.245 e. The van der Waals surface area contributed by atoms with Gasteiger partial charge in [0.25, 0.3) is 0 Å². The average molecular weight is 630 g/mol. The largest absolute Gasteiger partial charge is 0.490 e. The minimum Gasteiger partial charge on any atom is -0.490 e. The number of hydrogen-bond acceptors (Lipinski definition) is 8. The minimum atomic E-state index is -0.410. The molecule has 234 valence electrons. The first-order valence-corrected chi connectivity index (χ1v) is 16.2. The van der Waals surface area contributed by atoms with Crippen molar-refractivity contribution in [2.45, 2.75) is 25.8 Å². The van der Waals surface area contributed by atoms with Gasteiger partial charge in [-0.3, -0.25) is 9.59 Å². The fourth-order valence-corrected chi connectivity index (χ4v) is 6.79. The SMILES string of the molecule is C=CC(=O)N1CCC(C(=O)NCCOCCOc2cc(F)ccc2-c2nnc(-c3ccc4c(c3)CCNC4)c3ccsc23)CC1. The molecular formula is C34H36FN5O4S. The summed E-state index contributed by atoms with van der Waals surface area (Å²) in [5.74, 6) is -0.282. The molecular weight excluding hydrogens is 593 g/mol. The summed E-state index contributed by atoms with van der Waals surface area (Å²) in [5, 5.41) is 18.6. The summed E-state index contributed by atoms with van der Waals surface area (Å²) in [6.45, 7) is 7.62. The lowest BCUT2D eigenvalue weighted by Crippen LogP contribution is -2.43. The van der Waals surface area contributed by atoms with E-state index in [1.54, 1.807) is 22.3 Å². The van der Waals surface area contributed by atoms with Crippen LogP contribution in [0.4, 0.5) is 4.39 Å². The Hall–Kier alpha value is -4.19. The molecule has 0 bridgehead atoms. The molecule has 4 aromatic rings. The molecule has 11 heteroatoms. The van der Waals surface area contributed by atoms with Crippen molar-refractivity contribution in [2.75, 3.05) is 46.0 Å². The molecule has 9 nitrogen and oxygen atoms in total. The molecule has 0 aliphatic carbocycles. The van der Waals surface area contributed by atoms with Crippen LogP contribution in [0.25, 0.3) is 32.6 Å². The highest BCUT2D eigenvalue weighted by Gasteiger charge is 2.26. The van der Waals surface area contributed by atoms with Crippen LogP contribution in [0.2, 0.25) is 0 Å². The number of ether oxygens (including phenoxy) is 2. The number of hydrogen-bond donors (Lipinski definition) is 2. The fraction of sp³-hybridized carbons (Fsp3) is 0.353. The second-order valence-electron chi connectivity index (χ2n) is 11.2. The molecule has 1 fully saturated rings. The predicted molar refractivity (Wildman–Crippen MR) is 172 cm³/mol. The number of aromatic nitrogens is 2. The van der Waals surface area contributed by atoms with Crippen LogP contribution in [0.5, 0.6) is 5.75 Å². The number of carbonyl (C=O) groups is 2. The molecule has 2 amide bonds. The zero-order valence-corrected chi connectivity index (χ0v) is 25.8. The maximum absolute atomic E-state index is 14.3. The van der Waals surface area contributed by atoms with Gasteiger partial charge in [-0.2, -0.15) is 0 Å². The first-order chi connectivity index (χ1) is 22.0. The predicted octanol–water partition coefficient (Wildman–Crippen LogP) is 4.75. The van der Waals surface area contributed by atoms with Gasteiger partial charge in [0, 0.05) is 54.7 Å². The number of piperidine rings is 1. The number of nitrogens with one attached hydrogen (secondary N) is 2. The summed E-state index contributed by atoms with van der Waals surface area (Å²) >= 11 is 1.57. The number of thiophene rings is 1. The van der Waals surface area contributed by atoms with Crippen molar-refractivity contribution in [3.05, 3.63) is 77.4 Å². The van der Waals surface area contributed by atoms with E-state index in [0.717, 1.165) is 40.9 Å². The maximum atomic E-state index is 14.3. The van der Waals surface area contributed by atoms with Crippen LogP contribution < -0.4 is 15.4 Å². The van der Waals surface area contributed by atoms with Crippen molar-refractivity contribution in [2.24, 2.45) is 5.92 Å². The highest BCUT2D eigenvalue weighted by molar-refractivity contribution is 7.17. The Morgan fingerprint density at radius 1 is 1.07 bits per heavy atom. The van der Waals surface area contributed by atoms with Crippen molar-refractivity contribution in [3.8, 4) is 28.3 Å². The van der Waals surface area contributed by atoms with Crippen molar-refractivity contribution in [3.63, 3.8) is 0 Å². The van der Waals surface area contributed by atoms with Gasteiger partial charge in [0.1, 0.15) is 29.6 Å². The van der Waals surface area contributed by atoms with E-state index in [0.29, 0.717) is 56.1 Å². The molecule has 1 saturated heterocycles. The van der Waals surface area contributed by atoms with E-state index in [1.807, 2.05) is 5.38 Å². The summed E-state index contributed by atoms with van der Waals surface area (Å²) < 4.78 is 26.9. The number of amides is 2. The number of carbonyl (C=O) groups excluding carboxylic acids is 2. The topological polar surface area (TPSA) is 106 Å². The standard InChI is InChI=1S/C34H36FN5O4S/c1-2-30(41)40-13-8-22(9-14-40)34(42)37-12-15-43-16-17-44-29-20-26(35)5-6-27(29)32-33-28(10-18-45-33)31(38-39-32)24-3-4-25-21-36-11-7-23(25)19-24/h2-6,10,18-20,22,36H,1,7-9,11-17,21H2,(H,37,42). The van der Waals surface area contributed by atoms with Gasteiger partial charge in [0.15, 0.2) is 0 Å². The van der Waals surface area contributed by atoms with Crippen LogP contribution in [0.3, 0.4) is 0 Å². The zero-order chi connectivity index (χ0) is 31.2. The molecule has 2 aromatic carbocycles. The van der Waals surface area contributed by atoms with Crippen molar-refractivity contribution >= 4 is 33.2 Å². The zero-order valence-electron chi connectivity index (χ0n) is 25.0. The molecule has 6 rings (SSSR count). The lowest BCUT2D eigenvalue weighted by Gasteiger charge is -2.30. The summed E-state index contributed by atoms with van der Waals surface area (Å²) in [6.07, 6.45) is 3.55. The van der Waals surface area contributed by atoms with Crippen LogP contribution in [0.1, 0.15) is 24.0 Å². The Kier molecular flexibility index (Phi) is 9.78. The average Bonchev–Trinajstić information content (AvgIpc) is 3.57. The number of halogens is 1. The van der Waals surface area contributed by atoms with Gasteiger partial charge in [0.05, 0.1) is 17.9 Å². The Balaban J connectivity index is 1.04. The van der Waals surface area contributed by atoms with E-state index in [-0.39, 0.29) is 30.9 Å². The summed E-state index contributed by atoms with van der Waals surface area (Å²) in [5.41, 5.74) is 5.81. The van der Waals surface area contributed by atoms with Crippen LogP contribution in [0.15, 0.2) is 60.5 Å². The van der Waals surface area contributed by atoms with Gasteiger partial charge in [0.2, 0.25) is 11.8 Å². The number of benzene rings is 2. The van der Waals surface area contributed by atoms with E-state index < -0.39 is 5.82 Å². The summed E-state index contributed by atoms with van der Waals surface area (Å²) in [7, 11) is 0. The Morgan fingerprint density at radius 3 is 2.76 bits per heavy atom. The third-order valence-corrected chi connectivity index (χ3v) is 9.25. The molecule has 2 N–H and O–H groups in total. The number of nitrogens with zero attached hydrogens (tertiary/aromatic N) is 3. The van der Waals surface area contributed by atoms with Crippen molar-refractivity contribution in [1.29, 1.82) is 0 Å². The monoisotopic (exact) mass is 629 g/mol. The van der Waals surface area contributed by atoms with Gasteiger partial charge < -0.3 is 25.0 Å². The van der Waals surface area contributed by atoms with E-state index in [1.165, 1.54) is 29.3 Å². The molecule has 4 heterocycles. The first-order valence-electron chi connectivity index (χ1n) is 15.3. The van der Waals surface area contributed by atoms with Gasteiger partial charge in [-0.05, 0) is 72.7 Å². The van der Waals surface area contributed by atoms with Crippen molar-refractivity contribution < 1.29 is 23.5 Å². The number of fused-ring (bicyclic) bond motifs is 2. The van der Waals surface area contributed by atoms with Crippen LogP contribution in [-0.4, -0.2) is 72.9 Å². The third-order valence-electron chi connectivity index (χ3n) is 8.33. The first kappa shape index (κ1) is 30.8. The second-order valence-corrected chi connectivity index (χ2v) is 12.1. The quantitative estimate of drug-likeness (QED) is 0.182. The number of likely N-dealkylation sites (tertiary alicyclic amines) is 1. The molecule has 0 saturated carbocycles. The summed E-state index contributed by atoms with van der Waals surface area (Å²) in [6, 6.07) is 13.0. The highest BCUT2D eigenvalue weighted by atomic mass is 32.1. The minimum absolute atomic E-state index is 0.0269. The van der Waals surface area contributed by atoms with E-state index >= 15 is 0 Å². The molecule has 0 atom stereocenters. The second kappa shape index (κ2) is 14.3. The van der Waals surface area contributed by atoms with Gasteiger partial charge in [-0.1, -0.05) is 18.7 Å². The normalized spacial score (nSPS) is 15.1. The molecule has 2 aliphatic rings. The third kappa shape index (κ3) is 7.06. The number of rotatable bonds is 11. The Bertz CT molecular complexity index is 1700. The molecule has 2 aromatic heterocycles. The fourth-order valence-electron chi connectivity index (χ4n) is 5.90. The molecule has 0 unspecified atom stereocenters. The van der Waals surface area contributed by atoms with Gasteiger partial charge in [-0.15, -0.1) is 21.5 Å². The highest BCUT2D eigenvalue weighted by Crippen LogP contribution is 2.39. The molecule has 45 heavy (non-hydrogen) atoms. The summed E-state index contributed by atoms with van der Waals surface area (Å²) in [4.78, 5) is 25.9. The van der Waals surface area contributed by atoms with Gasteiger partial charge >= 0.3 is 0 Å². The van der Waals surface area contributed by atoms with Gasteiger partial charge in [-0.25, -0.2) is 4.39 Å². The Labute approximate surface area is 265 Å². The van der Waals surface area contributed by atoms with Crippen LogP contribution >= 0.6 is 11.3 Å².